The van der Waals surface area contributed by atoms with Crippen LogP contribution >= 0.6 is 24.1 Å². The van der Waals surface area contributed by atoms with Crippen LogP contribution in [0.5, 0.6) is 5.75 Å². The monoisotopic (exact) mass is 472 g/mol. The maximum atomic E-state index is 7.00. The number of aliphatic hydroxyl groups excluding tert-OH is 2. The summed E-state index contributed by atoms with van der Waals surface area (Å²) < 4.78 is 9.91. The summed E-state index contributed by atoms with van der Waals surface area (Å²) >= 11 is 6.29. The minimum absolute atomic E-state index is 0.301. The lowest BCUT2D eigenvalue weighted by Gasteiger charge is -2.13. The standard InChI is InChI=1S/C17H21ClN6O2S.2CH4O/c18-26-14-3-1-2-12(9-14)16(19)23-15-6-7-21-17(24-15)22-13-5-4-11(8-13)10-25-27-20;2*1-2/h1-3,6-7,9,11,13H,4-5,8,10,20H2,(H3,19,21,22,23,24);2*2H,1H3. The second-order valence-electron chi connectivity index (χ2n) is 6.24. The Hall–Kier alpha value is -2.15. The molecule has 1 heterocycles. The molecule has 2 aromatic rings. The van der Waals surface area contributed by atoms with E-state index >= 15 is 0 Å². The Morgan fingerprint density at radius 3 is 2.77 bits per heavy atom. The molecule has 0 radical (unpaired) electrons. The molecule has 1 aliphatic rings. The second-order valence-corrected chi connectivity index (χ2v) is 6.82. The highest BCUT2D eigenvalue weighted by atomic mass is 35.5. The molecule has 7 N–H and O–H groups in total. The Morgan fingerprint density at radius 2 is 2.06 bits per heavy atom. The van der Waals surface area contributed by atoms with Crippen molar-refractivity contribution in [2.45, 2.75) is 25.3 Å². The van der Waals surface area contributed by atoms with Crippen LogP contribution in [0.1, 0.15) is 24.8 Å². The van der Waals surface area contributed by atoms with Gasteiger partial charge in [0.15, 0.2) is 5.82 Å². The van der Waals surface area contributed by atoms with E-state index in [2.05, 4.69) is 20.3 Å². The molecular weight excluding hydrogens is 444 g/mol. The maximum absolute atomic E-state index is 7.00. The average Bonchev–Trinajstić information content (AvgIpc) is 3.27. The summed E-state index contributed by atoms with van der Waals surface area (Å²) in [5.41, 5.74) is 6.77. The number of benzene rings is 1. The molecule has 2 unspecified atom stereocenters. The van der Waals surface area contributed by atoms with Crippen molar-refractivity contribution in [3.63, 3.8) is 0 Å². The fourth-order valence-corrected chi connectivity index (χ4v) is 3.41. The smallest absolute Gasteiger partial charge is 0.224 e. The van der Waals surface area contributed by atoms with Crippen molar-refractivity contribution in [3.05, 3.63) is 42.1 Å². The number of aromatic nitrogens is 2. The Balaban J connectivity index is 0.00000113. The number of rotatable bonds is 8. The number of hydrogen-bond acceptors (Lipinski definition) is 10. The van der Waals surface area contributed by atoms with E-state index in [1.807, 2.05) is 6.07 Å². The van der Waals surface area contributed by atoms with Crippen molar-refractivity contribution in [1.29, 1.82) is 0 Å². The van der Waals surface area contributed by atoms with E-state index in [1.54, 1.807) is 30.5 Å². The van der Waals surface area contributed by atoms with Crippen molar-refractivity contribution >= 4 is 41.7 Å². The van der Waals surface area contributed by atoms with Crippen LogP contribution < -0.4 is 20.5 Å². The van der Waals surface area contributed by atoms with Gasteiger partial charge in [-0.05, 0) is 37.3 Å². The zero-order valence-corrected chi connectivity index (χ0v) is 19.0. The van der Waals surface area contributed by atoms with Gasteiger partial charge in [0.05, 0.1) is 18.8 Å². The number of aliphatic imine (C=N–C) groups is 1. The quantitative estimate of drug-likeness (QED) is 0.167. The number of anilines is 1. The molecule has 1 saturated carbocycles. The summed E-state index contributed by atoms with van der Waals surface area (Å²) in [6, 6.07) is 9.03. The summed E-state index contributed by atoms with van der Waals surface area (Å²) in [4.78, 5) is 13.1. The molecule has 172 valence electrons. The van der Waals surface area contributed by atoms with E-state index in [-0.39, 0.29) is 0 Å². The molecule has 3 rings (SSSR count). The van der Waals surface area contributed by atoms with Gasteiger partial charge < -0.3 is 29.7 Å². The molecular formula is C19H29ClN6O4S. The van der Waals surface area contributed by atoms with Crippen LogP contribution in [0.15, 0.2) is 41.5 Å². The Labute approximate surface area is 191 Å². The largest absolute Gasteiger partial charge is 0.400 e. The van der Waals surface area contributed by atoms with Crippen LogP contribution in [0.3, 0.4) is 0 Å². The Bertz CT molecular complexity index is 801. The normalized spacial score (nSPS) is 17.7. The van der Waals surface area contributed by atoms with E-state index in [0.29, 0.717) is 47.5 Å². The predicted molar refractivity (Wildman–Crippen MR) is 124 cm³/mol. The molecule has 0 aliphatic heterocycles. The van der Waals surface area contributed by atoms with Crippen LogP contribution in [0, 0.1) is 5.92 Å². The first-order valence-electron chi connectivity index (χ1n) is 9.38. The lowest BCUT2D eigenvalue weighted by molar-refractivity contribution is 0.290. The Kier molecular flexibility index (Phi) is 13.5. The summed E-state index contributed by atoms with van der Waals surface area (Å²) in [7, 11) is 2.00. The molecule has 1 aromatic carbocycles. The number of halogens is 1. The van der Waals surface area contributed by atoms with Gasteiger partial charge in [0.25, 0.3) is 0 Å². The molecule has 31 heavy (non-hydrogen) atoms. The van der Waals surface area contributed by atoms with E-state index in [9.17, 15) is 0 Å². The van der Waals surface area contributed by atoms with Gasteiger partial charge in [-0.3, -0.25) is 5.14 Å². The molecule has 2 atom stereocenters. The third-order valence-corrected chi connectivity index (χ3v) is 4.79. The fraction of sp³-hybridized carbons (Fsp3) is 0.421. The number of nitrogens with one attached hydrogen (secondary N) is 1. The first kappa shape index (κ1) is 26.9. The van der Waals surface area contributed by atoms with E-state index in [0.717, 1.165) is 45.7 Å². The predicted octanol–water partition coefficient (Wildman–Crippen LogP) is 2.38. The van der Waals surface area contributed by atoms with Crippen LogP contribution in [-0.2, 0) is 4.18 Å². The summed E-state index contributed by atoms with van der Waals surface area (Å²) in [5.74, 6) is 2.30. The van der Waals surface area contributed by atoms with Gasteiger partial charge in [-0.15, -0.1) is 0 Å². The van der Waals surface area contributed by atoms with Gasteiger partial charge in [0.2, 0.25) is 5.95 Å². The van der Waals surface area contributed by atoms with Crippen molar-refractivity contribution in [2.24, 2.45) is 21.8 Å². The van der Waals surface area contributed by atoms with Crippen molar-refractivity contribution in [3.8, 4) is 5.75 Å². The number of amidine groups is 1. The second kappa shape index (κ2) is 15.6. The third-order valence-electron chi connectivity index (χ3n) is 4.34. The molecule has 0 spiro atoms. The van der Waals surface area contributed by atoms with Gasteiger partial charge in [-0.1, -0.05) is 12.1 Å². The number of aliphatic hydroxyl groups is 2. The van der Waals surface area contributed by atoms with Crippen LogP contribution in [0.4, 0.5) is 11.8 Å². The molecule has 0 bridgehead atoms. The number of nitrogens with zero attached hydrogens (tertiary/aromatic N) is 3. The van der Waals surface area contributed by atoms with Gasteiger partial charge in [0.1, 0.15) is 23.5 Å². The van der Waals surface area contributed by atoms with E-state index in [1.165, 1.54) is 0 Å². The molecule has 12 heteroatoms. The van der Waals surface area contributed by atoms with Crippen molar-refractivity contribution < 1.29 is 18.7 Å². The minimum Gasteiger partial charge on any atom is -0.400 e. The maximum Gasteiger partial charge on any atom is 0.224 e. The minimum atomic E-state index is 0.301. The highest BCUT2D eigenvalue weighted by Gasteiger charge is 2.25. The lowest BCUT2D eigenvalue weighted by atomic mass is 10.1. The fourth-order valence-electron chi connectivity index (χ4n) is 3.05. The molecule has 1 fully saturated rings. The first-order chi connectivity index (χ1) is 15.2. The highest BCUT2D eigenvalue weighted by molar-refractivity contribution is 7.92. The molecule has 0 amide bonds. The number of nitrogens with two attached hydrogens (primary N) is 2. The van der Waals surface area contributed by atoms with Crippen molar-refractivity contribution in [2.75, 3.05) is 26.1 Å². The van der Waals surface area contributed by atoms with Gasteiger partial charge in [-0.25, -0.2) is 9.98 Å². The molecule has 1 aromatic heterocycles. The lowest BCUT2D eigenvalue weighted by Crippen LogP contribution is -2.18. The van der Waals surface area contributed by atoms with Gasteiger partial charge >= 0.3 is 0 Å². The Morgan fingerprint density at radius 1 is 1.29 bits per heavy atom. The van der Waals surface area contributed by atoms with Gasteiger partial charge in [-0.2, -0.15) is 4.98 Å². The molecule has 0 saturated heterocycles. The average molecular weight is 473 g/mol. The van der Waals surface area contributed by atoms with E-state index < -0.39 is 0 Å². The summed E-state index contributed by atoms with van der Waals surface area (Å²) in [6.45, 7) is 0.659. The summed E-state index contributed by atoms with van der Waals surface area (Å²) in [5, 5.41) is 22.7. The SMILES string of the molecule is CO.CO.NSOCC1CCC(Nc2nccc(N=C(N)c3cccc(OCl)c3)n2)C1. The van der Waals surface area contributed by atoms with Crippen LogP contribution in [0.25, 0.3) is 0 Å². The zero-order chi connectivity index (χ0) is 23.1. The summed E-state index contributed by atoms with van der Waals surface area (Å²) in [6.07, 6.45) is 4.76. The third kappa shape index (κ3) is 9.25. The number of hydrogen-bond donors (Lipinski definition) is 5. The topological polar surface area (TPSA) is 161 Å². The molecule has 10 nitrogen and oxygen atoms in total. The highest BCUT2D eigenvalue weighted by Crippen LogP contribution is 2.28. The first-order valence-corrected chi connectivity index (χ1v) is 10.5. The van der Waals surface area contributed by atoms with Crippen LogP contribution in [-0.4, -0.2) is 52.9 Å². The van der Waals surface area contributed by atoms with E-state index in [4.69, 9.17) is 41.4 Å². The van der Waals surface area contributed by atoms with Crippen molar-refractivity contribution in [1.82, 2.24) is 9.97 Å². The van der Waals surface area contributed by atoms with Crippen LogP contribution in [0.2, 0.25) is 0 Å². The molecule has 1 aliphatic carbocycles. The van der Waals surface area contributed by atoms with Gasteiger partial charge in [0, 0.05) is 38.1 Å². The zero-order valence-electron chi connectivity index (χ0n) is 17.4.